The summed E-state index contributed by atoms with van der Waals surface area (Å²) in [6, 6.07) is 7.73. The lowest BCUT2D eigenvalue weighted by molar-refractivity contribution is 0.0941. The molecule has 0 radical (unpaired) electrons. The number of amides is 1. The van der Waals surface area contributed by atoms with Gasteiger partial charge in [0.1, 0.15) is 18.1 Å². The number of hydrogen-bond acceptors (Lipinski definition) is 5. The molecule has 0 spiro atoms. The monoisotopic (exact) mass is 357 g/mol. The molecule has 6 heteroatoms. The fourth-order valence-corrected chi connectivity index (χ4v) is 3.45. The Bertz CT molecular complexity index is 737. The van der Waals surface area contributed by atoms with Crippen LogP contribution in [-0.4, -0.2) is 41.6 Å². The van der Waals surface area contributed by atoms with Crippen molar-refractivity contribution < 1.29 is 14.1 Å². The molecule has 0 aliphatic carbocycles. The normalized spacial score (nSPS) is 17.4. The molecule has 1 aromatic carbocycles. The van der Waals surface area contributed by atoms with Crippen LogP contribution in [0, 0.1) is 13.8 Å². The van der Waals surface area contributed by atoms with E-state index in [-0.39, 0.29) is 5.91 Å². The second-order valence-corrected chi connectivity index (χ2v) is 6.75. The zero-order valence-corrected chi connectivity index (χ0v) is 15.7. The number of nitrogens with one attached hydrogen (secondary N) is 1. The molecule has 1 amide bonds. The second kappa shape index (κ2) is 8.36. The van der Waals surface area contributed by atoms with Crippen molar-refractivity contribution in [3.8, 4) is 5.75 Å². The molecule has 1 fully saturated rings. The summed E-state index contributed by atoms with van der Waals surface area (Å²) in [5.74, 6) is 1.36. The maximum atomic E-state index is 12.5. The Morgan fingerprint density at radius 3 is 3.00 bits per heavy atom. The summed E-state index contributed by atoms with van der Waals surface area (Å²) >= 11 is 0. The first-order valence-electron chi connectivity index (χ1n) is 9.25. The van der Waals surface area contributed by atoms with Gasteiger partial charge < -0.3 is 14.6 Å². The molecule has 1 aliphatic rings. The number of benzene rings is 1. The Labute approximate surface area is 154 Å². The summed E-state index contributed by atoms with van der Waals surface area (Å²) in [5.41, 5.74) is 2.39. The number of likely N-dealkylation sites (tertiary alicyclic amines) is 1. The van der Waals surface area contributed by atoms with Crippen LogP contribution in [0.3, 0.4) is 0 Å². The first-order valence-corrected chi connectivity index (χ1v) is 9.25. The predicted octanol–water partition coefficient (Wildman–Crippen LogP) is 3.08. The van der Waals surface area contributed by atoms with Crippen LogP contribution in [0.25, 0.3) is 0 Å². The van der Waals surface area contributed by atoms with E-state index in [1.165, 1.54) is 6.42 Å². The van der Waals surface area contributed by atoms with Crippen LogP contribution < -0.4 is 10.1 Å². The largest absolute Gasteiger partial charge is 0.489 e. The van der Waals surface area contributed by atoms with E-state index in [4.69, 9.17) is 9.26 Å². The van der Waals surface area contributed by atoms with Crippen molar-refractivity contribution in [2.45, 2.75) is 46.3 Å². The molecule has 1 aromatic heterocycles. The molecule has 1 N–H and O–H groups in total. The molecule has 26 heavy (non-hydrogen) atoms. The maximum absolute atomic E-state index is 12.5. The highest BCUT2D eigenvalue weighted by atomic mass is 16.5. The molecule has 3 rings (SSSR count). The van der Waals surface area contributed by atoms with Gasteiger partial charge in [-0.1, -0.05) is 18.1 Å². The third-order valence-corrected chi connectivity index (χ3v) is 5.06. The standard InChI is InChI=1S/C20H27N3O3/c1-4-23-10-6-8-17(23)12-21-20(24)16-7-5-9-18(11-16)25-13-19-14(2)22-26-15(19)3/h5,7,9,11,17H,4,6,8,10,12-13H2,1-3H3,(H,21,24). The first kappa shape index (κ1) is 18.5. The van der Waals surface area contributed by atoms with E-state index in [9.17, 15) is 4.79 Å². The van der Waals surface area contributed by atoms with Gasteiger partial charge in [0, 0.05) is 18.2 Å². The molecular weight excluding hydrogens is 330 g/mol. The van der Waals surface area contributed by atoms with E-state index in [1.807, 2.05) is 32.0 Å². The molecule has 1 aliphatic heterocycles. The molecule has 2 aromatic rings. The van der Waals surface area contributed by atoms with Gasteiger partial charge in [-0.3, -0.25) is 9.69 Å². The summed E-state index contributed by atoms with van der Waals surface area (Å²) < 4.78 is 11.0. The summed E-state index contributed by atoms with van der Waals surface area (Å²) in [6.45, 7) is 9.15. The third kappa shape index (κ3) is 4.25. The van der Waals surface area contributed by atoms with Gasteiger partial charge in [0.15, 0.2) is 0 Å². The number of carbonyl (C=O) groups is 1. The molecule has 1 atom stereocenters. The third-order valence-electron chi connectivity index (χ3n) is 5.06. The lowest BCUT2D eigenvalue weighted by atomic mass is 10.1. The molecule has 0 bridgehead atoms. The van der Waals surface area contributed by atoms with Crippen molar-refractivity contribution in [3.05, 3.63) is 46.8 Å². The maximum Gasteiger partial charge on any atom is 0.251 e. The first-order chi connectivity index (χ1) is 12.6. The minimum Gasteiger partial charge on any atom is -0.489 e. The predicted molar refractivity (Wildman–Crippen MR) is 99.4 cm³/mol. The van der Waals surface area contributed by atoms with Gasteiger partial charge >= 0.3 is 0 Å². The number of nitrogens with zero attached hydrogens (tertiary/aromatic N) is 2. The minimum atomic E-state index is -0.0595. The summed E-state index contributed by atoms with van der Waals surface area (Å²) in [6.07, 6.45) is 2.36. The Balaban J connectivity index is 1.57. The highest BCUT2D eigenvalue weighted by molar-refractivity contribution is 5.94. The Kier molecular flexibility index (Phi) is 5.93. The van der Waals surface area contributed by atoms with Gasteiger partial charge in [-0.2, -0.15) is 0 Å². The van der Waals surface area contributed by atoms with E-state index in [0.717, 1.165) is 36.5 Å². The van der Waals surface area contributed by atoms with Crippen LogP contribution in [0.5, 0.6) is 5.75 Å². The van der Waals surface area contributed by atoms with Crippen LogP contribution in [0.1, 0.15) is 47.1 Å². The van der Waals surface area contributed by atoms with Gasteiger partial charge in [-0.25, -0.2) is 0 Å². The van der Waals surface area contributed by atoms with Crippen molar-refractivity contribution in [3.63, 3.8) is 0 Å². The lowest BCUT2D eigenvalue weighted by Crippen LogP contribution is -2.40. The van der Waals surface area contributed by atoms with Crippen molar-refractivity contribution in [1.29, 1.82) is 0 Å². The van der Waals surface area contributed by atoms with Crippen molar-refractivity contribution in [1.82, 2.24) is 15.4 Å². The molecule has 2 heterocycles. The van der Waals surface area contributed by atoms with Crippen LogP contribution in [0.4, 0.5) is 0 Å². The average Bonchev–Trinajstić information content (AvgIpc) is 3.24. The minimum absolute atomic E-state index is 0.0595. The van der Waals surface area contributed by atoms with Gasteiger partial charge in [-0.05, 0) is 58.0 Å². The van der Waals surface area contributed by atoms with Crippen LogP contribution in [0.15, 0.2) is 28.8 Å². The zero-order chi connectivity index (χ0) is 18.5. The number of hydrogen-bond donors (Lipinski definition) is 1. The fraction of sp³-hybridized carbons (Fsp3) is 0.500. The Morgan fingerprint density at radius 2 is 2.27 bits per heavy atom. The van der Waals surface area contributed by atoms with E-state index in [2.05, 4.69) is 22.3 Å². The summed E-state index contributed by atoms with van der Waals surface area (Å²) in [7, 11) is 0. The highest BCUT2D eigenvalue weighted by Gasteiger charge is 2.23. The molecular formula is C20H27N3O3. The van der Waals surface area contributed by atoms with Gasteiger partial charge in [0.05, 0.1) is 11.3 Å². The summed E-state index contributed by atoms with van der Waals surface area (Å²) in [4.78, 5) is 14.9. The molecule has 1 saturated heterocycles. The molecule has 0 saturated carbocycles. The van der Waals surface area contributed by atoms with E-state index in [1.54, 1.807) is 6.07 Å². The number of carbonyl (C=O) groups excluding carboxylic acids is 1. The van der Waals surface area contributed by atoms with E-state index >= 15 is 0 Å². The van der Waals surface area contributed by atoms with Gasteiger partial charge in [0.2, 0.25) is 0 Å². The lowest BCUT2D eigenvalue weighted by Gasteiger charge is -2.22. The number of aromatic nitrogens is 1. The van der Waals surface area contributed by atoms with E-state index < -0.39 is 0 Å². The average molecular weight is 357 g/mol. The smallest absolute Gasteiger partial charge is 0.251 e. The van der Waals surface area contributed by atoms with Crippen LogP contribution >= 0.6 is 0 Å². The topological polar surface area (TPSA) is 67.6 Å². The molecule has 140 valence electrons. The zero-order valence-electron chi connectivity index (χ0n) is 15.7. The molecule has 6 nitrogen and oxygen atoms in total. The van der Waals surface area contributed by atoms with E-state index in [0.29, 0.717) is 30.5 Å². The van der Waals surface area contributed by atoms with Gasteiger partial charge in [0.25, 0.3) is 5.91 Å². The van der Waals surface area contributed by atoms with Crippen LogP contribution in [0.2, 0.25) is 0 Å². The molecule has 1 unspecified atom stereocenters. The highest BCUT2D eigenvalue weighted by Crippen LogP contribution is 2.19. The fourth-order valence-electron chi connectivity index (χ4n) is 3.45. The van der Waals surface area contributed by atoms with Crippen molar-refractivity contribution in [2.24, 2.45) is 0 Å². The second-order valence-electron chi connectivity index (χ2n) is 6.75. The SMILES string of the molecule is CCN1CCCC1CNC(=O)c1cccc(OCc2c(C)noc2C)c1. The van der Waals surface area contributed by atoms with Crippen LogP contribution in [-0.2, 0) is 6.61 Å². The van der Waals surface area contributed by atoms with Crippen molar-refractivity contribution >= 4 is 5.91 Å². The summed E-state index contributed by atoms with van der Waals surface area (Å²) in [5, 5.41) is 6.99. The Morgan fingerprint density at radius 1 is 1.42 bits per heavy atom. The number of likely N-dealkylation sites (N-methyl/N-ethyl adjacent to an activating group) is 1. The number of rotatable bonds is 7. The number of aryl methyl sites for hydroxylation is 2. The van der Waals surface area contributed by atoms with Gasteiger partial charge in [-0.15, -0.1) is 0 Å². The quantitative estimate of drug-likeness (QED) is 0.825. The van der Waals surface area contributed by atoms with Crippen molar-refractivity contribution in [2.75, 3.05) is 19.6 Å². The number of ether oxygens (including phenoxy) is 1. The Hall–Kier alpha value is -2.34.